The number of hydrogen-bond acceptors (Lipinski definition) is 3. The summed E-state index contributed by atoms with van der Waals surface area (Å²) in [5.41, 5.74) is 0.00932. The van der Waals surface area contributed by atoms with E-state index in [4.69, 9.17) is 9.47 Å². The van der Waals surface area contributed by atoms with Crippen LogP contribution >= 0.6 is 0 Å². The molecule has 22 heavy (non-hydrogen) atoms. The lowest BCUT2D eigenvalue weighted by Gasteiger charge is -2.28. The Morgan fingerprint density at radius 1 is 1.32 bits per heavy atom. The maximum absolute atomic E-state index is 13.4. The summed E-state index contributed by atoms with van der Waals surface area (Å²) in [6.45, 7) is 6.42. The number of carbonyl (C=O) groups excluding carboxylic acids is 1. The smallest absolute Gasteiger partial charge is 0.410 e. The molecule has 0 fully saturated rings. The largest absolute Gasteiger partial charge is 0.491 e. The van der Waals surface area contributed by atoms with Gasteiger partial charge in [0.2, 0.25) is 0 Å². The van der Waals surface area contributed by atoms with E-state index in [1.54, 1.807) is 33.9 Å². The second kappa shape index (κ2) is 5.41. The molecule has 1 aromatic carbocycles. The second-order valence-electron chi connectivity index (χ2n) is 6.56. The van der Waals surface area contributed by atoms with Gasteiger partial charge in [-0.2, -0.15) is 0 Å². The Hall–Kier alpha value is -1.85. The fraction of sp³-hybridized carbons (Fsp3) is 0.562. The summed E-state index contributed by atoms with van der Waals surface area (Å²) in [5, 5.41) is 0. The molecule has 122 valence electrons. The van der Waals surface area contributed by atoms with Crippen molar-refractivity contribution in [3.8, 4) is 5.75 Å². The zero-order valence-electron chi connectivity index (χ0n) is 13.4. The third kappa shape index (κ3) is 3.48. The fourth-order valence-corrected chi connectivity index (χ4v) is 2.25. The van der Waals surface area contributed by atoms with E-state index in [0.29, 0.717) is 11.3 Å². The molecule has 0 aliphatic carbocycles. The molecule has 1 aliphatic rings. The summed E-state index contributed by atoms with van der Waals surface area (Å²) in [6, 6.07) is 3.94. The molecule has 0 radical (unpaired) electrons. The van der Waals surface area contributed by atoms with Crippen molar-refractivity contribution in [2.24, 2.45) is 0 Å². The van der Waals surface area contributed by atoms with E-state index >= 15 is 0 Å². The average molecular weight is 313 g/mol. The molecular formula is C16H21F2NO3. The first-order valence-corrected chi connectivity index (χ1v) is 7.10. The lowest BCUT2D eigenvalue weighted by atomic mass is 10.0. The van der Waals surface area contributed by atoms with Crippen LogP contribution in [-0.2, 0) is 10.7 Å². The molecule has 0 saturated carbocycles. The fourth-order valence-electron chi connectivity index (χ4n) is 2.25. The van der Waals surface area contributed by atoms with Crippen LogP contribution in [0.2, 0.25) is 0 Å². The zero-order chi connectivity index (χ0) is 16.7. The lowest BCUT2D eigenvalue weighted by molar-refractivity contribution is 0.0171. The van der Waals surface area contributed by atoms with Crippen LogP contribution in [0.1, 0.15) is 44.9 Å². The Morgan fingerprint density at radius 2 is 1.95 bits per heavy atom. The third-order valence-electron chi connectivity index (χ3n) is 3.43. The van der Waals surface area contributed by atoms with Crippen molar-refractivity contribution in [2.75, 3.05) is 13.7 Å². The minimum Gasteiger partial charge on any atom is -0.491 e. The Bertz CT molecular complexity index is 576. The Kier molecular flexibility index (Phi) is 4.06. The van der Waals surface area contributed by atoms with E-state index in [9.17, 15) is 13.6 Å². The van der Waals surface area contributed by atoms with E-state index in [-0.39, 0.29) is 18.2 Å². The van der Waals surface area contributed by atoms with E-state index < -0.39 is 17.6 Å². The molecule has 1 unspecified atom stereocenters. The van der Waals surface area contributed by atoms with Gasteiger partial charge in [-0.1, -0.05) is 12.1 Å². The topological polar surface area (TPSA) is 38.8 Å². The van der Waals surface area contributed by atoms with Crippen LogP contribution in [0.25, 0.3) is 0 Å². The van der Waals surface area contributed by atoms with Crippen LogP contribution in [0.15, 0.2) is 18.2 Å². The highest BCUT2D eigenvalue weighted by molar-refractivity contribution is 5.69. The molecule has 1 aliphatic heterocycles. The molecule has 1 atom stereocenters. The highest BCUT2D eigenvalue weighted by atomic mass is 19.3. The van der Waals surface area contributed by atoms with Crippen LogP contribution in [0.3, 0.4) is 0 Å². The molecule has 0 saturated heterocycles. The predicted molar refractivity (Wildman–Crippen MR) is 78.2 cm³/mol. The van der Waals surface area contributed by atoms with Gasteiger partial charge < -0.3 is 14.4 Å². The van der Waals surface area contributed by atoms with Crippen LogP contribution < -0.4 is 4.74 Å². The highest BCUT2D eigenvalue weighted by Crippen LogP contribution is 2.39. The van der Waals surface area contributed by atoms with E-state index in [2.05, 4.69) is 0 Å². The van der Waals surface area contributed by atoms with Gasteiger partial charge in [-0.15, -0.1) is 0 Å². The summed E-state index contributed by atoms with van der Waals surface area (Å²) in [7, 11) is 1.61. The van der Waals surface area contributed by atoms with Gasteiger partial charge in [0.1, 0.15) is 18.0 Å². The number of carbonyl (C=O) groups is 1. The Balaban J connectivity index is 2.20. The van der Waals surface area contributed by atoms with Crippen molar-refractivity contribution in [3.05, 3.63) is 29.3 Å². The van der Waals surface area contributed by atoms with E-state index in [1.807, 2.05) is 0 Å². The highest BCUT2D eigenvalue weighted by Gasteiger charge is 2.34. The molecule has 4 nitrogen and oxygen atoms in total. The van der Waals surface area contributed by atoms with Crippen LogP contribution in [0.4, 0.5) is 13.6 Å². The summed E-state index contributed by atoms with van der Waals surface area (Å²) >= 11 is 0. The summed E-state index contributed by atoms with van der Waals surface area (Å²) in [4.78, 5) is 13.5. The SMILES string of the molecule is CN(C(=O)OC(C)(C)C)C1COc2cc(C(C)(F)F)ccc21. The number of halogens is 2. The monoisotopic (exact) mass is 313 g/mol. The predicted octanol–water partition coefficient (Wildman–Crippen LogP) is 4.10. The number of nitrogens with zero attached hydrogens (tertiary/aromatic N) is 1. The minimum atomic E-state index is -2.92. The normalized spacial score (nSPS) is 17.7. The van der Waals surface area contributed by atoms with Crippen molar-refractivity contribution in [2.45, 2.75) is 45.3 Å². The molecular weight excluding hydrogens is 292 g/mol. The maximum atomic E-state index is 13.4. The first-order valence-electron chi connectivity index (χ1n) is 7.10. The molecule has 0 spiro atoms. The molecule has 1 aromatic rings. The Labute approximate surface area is 129 Å². The average Bonchev–Trinajstić information content (AvgIpc) is 2.77. The first kappa shape index (κ1) is 16.5. The molecule has 0 N–H and O–H groups in total. The molecule has 1 amide bonds. The quantitative estimate of drug-likeness (QED) is 0.825. The maximum Gasteiger partial charge on any atom is 0.410 e. The number of rotatable bonds is 2. The summed E-state index contributed by atoms with van der Waals surface area (Å²) in [6.07, 6.45) is -0.473. The Morgan fingerprint density at radius 3 is 2.50 bits per heavy atom. The van der Waals surface area contributed by atoms with Gasteiger partial charge >= 0.3 is 6.09 Å². The van der Waals surface area contributed by atoms with E-state index in [0.717, 1.165) is 6.92 Å². The van der Waals surface area contributed by atoms with Crippen molar-refractivity contribution in [1.29, 1.82) is 0 Å². The van der Waals surface area contributed by atoms with Crippen LogP contribution in [0, 0.1) is 0 Å². The number of amides is 1. The van der Waals surface area contributed by atoms with Gasteiger partial charge in [0.25, 0.3) is 5.92 Å². The lowest BCUT2D eigenvalue weighted by Crippen LogP contribution is -2.37. The molecule has 0 bridgehead atoms. The number of benzene rings is 1. The van der Waals surface area contributed by atoms with Gasteiger partial charge in [0.05, 0.1) is 6.04 Å². The number of alkyl halides is 2. The van der Waals surface area contributed by atoms with Crippen molar-refractivity contribution in [1.82, 2.24) is 4.90 Å². The van der Waals surface area contributed by atoms with Crippen molar-refractivity contribution in [3.63, 3.8) is 0 Å². The van der Waals surface area contributed by atoms with Gasteiger partial charge in [-0.05, 0) is 26.8 Å². The van der Waals surface area contributed by atoms with Gasteiger partial charge in [0.15, 0.2) is 0 Å². The standard InChI is InChI=1S/C16H21F2NO3/c1-15(2,3)22-14(20)19(5)12-9-21-13-8-10(16(4,17)18)6-7-11(12)13/h6-8,12H,9H2,1-5H3. The number of hydrogen-bond donors (Lipinski definition) is 0. The number of ether oxygens (including phenoxy) is 2. The molecule has 1 heterocycles. The van der Waals surface area contributed by atoms with Crippen LogP contribution in [0.5, 0.6) is 5.75 Å². The second-order valence-corrected chi connectivity index (χ2v) is 6.56. The summed E-state index contributed by atoms with van der Waals surface area (Å²) in [5.74, 6) is -2.53. The number of fused-ring (bicyclic) bond motifs is 1. The van der Waals surface area contributed by atoms with Crippen molar-refractivity contribution < 1.29 is 23.0 Å². The molecule has 6 heteroatoms. The van der Waals surface area contributed by atoms with Crippen molar-refractivity contribution >= 4 is 6.09 Å². The minimum absolute atomic E-state index is 0.105. The van der Waals surface area contributed by atoms with Gasteiger partial charge in [-0.25, -0.2) is 13.6 Å². The third-order valence-corrected chi connectivity index (χ3v) is 3.43. The molecule has 0 aromatic heterocycles. The zero-order valence-corrected chi connectivity index (χ0v) is 13.4. The first-order chi connectivity index (χ1) is 9.99. The number of likely N-dealkylation sites (N-methyl/N-ethyl adjacent to an activating group) is 1. The van der Waals surface area contributed by atoms with Gasteiger partial charge in [0, 0.05) is 25.1 Å². The van der Waals surface area contributed by atoms with Gasteiger partial charge in [-0.3, -0.25) is 0 Å². The molecule has 2 rings (SSSR count). The van der Waals surface area contributed by atoms with E-state index in [1.165, 1.54) is 17.0 Å². The van der Waals surface area contributed by atoms with Crippen LogP contribution in [-0.4, -0.2) is 30.2 Å². The summed E-state index contributed by atoms with van der Waals surface area (Å²) < 4.78 is 37.5.